The van der Waals surface area contributed by atoms with Crippen LogP contribution in [0.3, 0.4) is 0 Å². The normalized spacial score (nSPS) is 35.0. The number of rotatable bonds is 8. The van der Waals surface area contributed by atoms with Crippen LogP contribution in [0.15, 0.2) is 17.1 Å². The minimum atomic E-state index is -3.80. The van der Waals surface area contributed by atoms with E-state index in [2.05, 4.69) is 4.98 Å². The van der Waals surface area contributed by atoms with E-state index in [4.69, 9.17) is 30.5 Å². The number of amides is 1. The zero-order valence-electron chi connectivity index (χ0n) is 21.2. The summed E-state index contributed by atoms with van der Waals surface area (Å²) in [5.41, 5.74) is 4.63. The molecule has 3 heterocycles. The van der Waals surface area contributed by atoms with Crippen molar-refractivity contribution in [3.63, 3.8) is 0 Å². The van der Waals surface area contributed by atoms with Gasteiger partial charge in [0, 0.05) is 19.5 Å². The molecule has 0 bridgehead atoms. The summed E-state index contributed by atoms with van der Waals surface area (Å²) in [5.74, 6) is -6.01. The Morgan fingerprint density at radius 1 is 1.29 bits per heavy atom. The van der Waals surface area contributed by atoms with E-state index >= 15 is 0 Å². The first kappa shape index (κ1) is 34.5. The summed E-state index contributed by atoms with van der Waals surface area (Å²) in [6, 6.07) is 1.37. The smallest absolute Gasteiger partial charge is 0.364 e. The van der Waals surface area contributed by atoms with Gasteiger partial charge in [-0.2, -0.15) is 4.98 Å². The summed E-state index contributed by atoms with van der Waals surface area (Å²) in [6.07, 6.45) is -13.2. The number of aliphatic hydroxyl groups is 8. The van der Waals surface area contributed by atoms with Crippen LogP contribution in [-0.4, -0.2) is 134 Å². The van der Waals surface area contributed by atoms with Gasteiger partial charge in [0.1, 0.15) is 42.4 Å². The highest BCUT2D eigenvalue weighted by Crippen LogP contribution is 2.47. The lowest BCUT2D eigenvalue weighted by atomic mass is 9.87. The monoisotopic (exact) mass is 614 g/mol. The maximum absolute atomic E-state index is 11.7. The van der Waals surface area contributed by atoms with Crippen molar-refractivity contribution in [2.75, 3.05) is 18.9 Å². The van der Waals surface area contributed by atoms with Gasteiger partial charge in [-0.25, -0.2) is 9.59 Å². The SMILES string of the molecule is CC(=O)N[C@]1([P+](=O)[O-])[C@@H](O)CC(O)(C(=O)O)O[C@H]1C(O)C(O)CO.Nc1ccn([C@@H]2O[C@H](CO)[C@@H](O)[C@H]2O)c(=O)n1. The third-order valence-electron chi connectivity index (χ3n) is 6.28. The molecule has 21 heteroatoms. The van der Waals surface area contributed by atoms with Crippen LogP contribution >= 0.6 is 8.03 Å². The van der Waals surface area contributed by atoms with Gasteiger partial charge in [-0.1, -0.05) is 4.57 Å². The number of carbonyl (C=O) groups excluding carboxylic acids is 1. The molecule has 2 saturated heterocycles. The molecule has 4 unspecified atom stereocenters. The number of aliphatic carboxylic acids is 1. The molecule has 0 aromatic carbocycles. The highest BCUT2D eigenvalue weighted by Gasteiger charge is 2.69. The fourth-order valence-corrected chi connectivity index (χ4v) is 5.17. The number of nitrogen functional groups attached to an aromatic ring is 1. The van der Waals surface area contributed by atoms with Gasteiger partial charge in [0.2, 0.25) is 5.91 Å². The topological polar surface area (TPSA) is 348 Å². The number of carboxylic acids is 1. The van der Waals surface area contributed by atoms with Crippen molar-refractivity contribution in [2.45, 2.75) is 73.4 Å². The molecular weight excluding hydrogens is 583 g/mol. The van der Waals surface area contributed by atoms with Crippen LogP contribution in [-0.2, 0) is 23.6 Å². The molecular formula is C20H31N4O16P. The number of carboxylic acid groups (broad SMARTS) is 1. The number of ether oxygens (including phenoxy) is 2. The number of aliphatic hydroxyl groups excluding tert-OH is 7. The fraction of sp³-hybridized carbons (Fsp3) is 0.700. The number of nitrogens with one attached hydrogen (secondary N) is 1. The van der Waals surface area contributed by atoms with Crippen LogP contribution in [0.25, 0.3) is 0 Å². The Morgan fingerprint density at radius 2 is 1.90 bits per heavy atom. The van der Waals surface area contributed by atoms with Crippen LogP contribution in [0.2, 0.25) is 0 Å². The van der Waals surface area contributed by atoms with E-state index < -0.39 is 105 Å². The minimum absolute atomic E-state index is 0.0537. The molecule has 3 rings (SSSR count). The Labute approximate surface area is 230 Å². The summed E-state index contributed by atoms with van der Waals surface area (Å²) >= 11 is 0. The number of hydrogen-bond donors (Lipinski definition) is 11. The second-order valence-corrected chi connectivity index (χ2v) is 10.4. The highest BCUT2D eigenvalue weighted by atomic mass is 31.1. The first-order valence-electron chi connectivity index (χ1n) is 11.7. The minimum Gasteiger partial charge on any atom is -0.593 e. The lowest BCUT2D eigenvalue weighted by Crippen LogP contribution is -2.74. The van der Waals surface area contributed by atoms with Gasteiger partial charge in [-0.05, 0) is 6.07 Å². The predicted molar refractivity (Wildman–Crippen MR) is 127 cm³/mol. The van der Waals surface area contributed by atoms with Crippen LogP contribution in [0.5, 0.6) is 0 Å². The highest BCUT2D eigenvalue weighted by molar-refractivity contribution is 7.38. The molecule has 232 valence electrons. The van der Waals surface area contributed by atoms with Crippen molar-refractivity contribution in [2.24, 2.45) is 0 Å². The number of nitrogens with zero attached hydrogens (tertiary/aromatic N) is 2. The molecule has 2 aliphatic rings. The average molecular weight is 614 g/mol. The fourth-order valence-electron chi connectivity index (χ4n) is 4.17. The first-order chi connectivity index (χ1) is 19.0. The van der Waals surface area contributed by atoms with Crippen molar-refractivity contribution in [1.82, 2.24) is 14.9 Å². The van der Waals surface area contributed by atoms with Crippen molar-refractivity contribution in [1.29, 1.82) is 0 Å². The first-order valence-corrected chi connectivity index (χ1v) is 12.8. The lowest BCUT2D eigenvalue weighted by molar-refractivity contribution is -0.306. The number of aromatic nitrogens is 2. The maximum atomic E-state index is 11.7. The van der Waals surface area contributed by atoms with Gasteiger partial charge in [-0.3, -0.25) is 9.36 Å². The second-order valence-electron chi connectivity index (χ2n) is 9.12. The molecule has 41 heavy (non-hydrogen) atoms. The average Bonchev–Trinajstić information content (AvgIpc) is 3.17. The lowest BCUT2D eigenvalue weighted by Gasteiger charge is -2.47. The van der Waals surface area contributed by atoms with Gasteiger partial charge in [0.25, 0.3) is 11.1 Å². The van der Waals surface area contributed by atoms with E-state index in [1.165, 1.54) is 12.3 Å². The Morgan fingerprint density at radius 3 is 2.34 bits per heavy atom. The van der Waals surface area contributed by atoms with Crippen molar-refractivity contribution >= 4 is 25.7 Å². The summed E-state index contributed by atoms with van der Waals surface area (Å²) in [7, 11) is -3.80. The van der Waals surface area contributed by atoms with Crippen LogP contribution in [0.1, 0.15) is 19.6 Å². The van der Waals surface area contributed by atoms with E-state index in [1.54, 1.807) is 0 Å². The molecule has 20 nitrogen and oxygen atoms in total. The van der Waals surface area contributed by atoms with Gasteiger partial charge in [-0.15, -0.1) is 0 Å². The summed E-state index contributed by atoms with van der Waals surface area (Å²) < 4.78 is 22.7. The largest absolute Gasteiger partial charge is 0.593 e. The summed E-state index contributed by atoms with van der Waals surface area (Å²) in [4.78, 5) is 49.2. The van der Waals surface area contributed by atoms with Crippen molar-refractivity contribution in [3.05, 3.63) is 22.7 Å². The van der Waals surface area contributed by atoms with E-state index in [1.807, 2.05) is 5.32 Å². The molecule has 1 aromatic rings. The molecule has 1 aromatic heterocycles. The van der Waals surface area contributed by atoms with Gasteiger partial charge in [0.05, 0.1) is 13.2 Å². The quantitative estimate of drug-likeness (QED) is 0.121. The number of hydrogen-bond acceptors (Lipinski definition) is 17. The molecule has 2 fully saturated rings. The van der Waals surface area contributed by atoms with Crippen molar-refractivity contribution in [3.8, 4) is 0 Å². The molecule has 1 amide bonds. The standard InChI is InChI=1S/C11H18NO11P.C9H13N3O5/c1-4(14)12-11(24(21)22)6(16)2-10(20,9(18)19)23-8(11)7(17)5(15)3-13;10-5-1-2-12(9(16)11-5)8-7(15)6(14)4(3-13)17-8/h5-8,13,15-17,20H,2-3H2,1H3,(H,12,14)(H,18,19);1-2,4,6-8,13-15H,3H2,(H2,10,11,16)/t5?,6-,7?,8-,10?,11-;4-,6-,7-,8-/m01/s1. The zero-order valence-corrected chi connectivity index (χ0v) is 22.1. The number of carbonyl (C=O) groups is 2. The second kappa shape index (κ2) is 13.5. The number of anilines is 1. The molecule has 0 radical (unpaired) electrons. The molecule has 2 aliphatic heterocycles. The third kappa shape index (κ3) is 7.02. The molecule has 0 spiro atoms. The van der Waals surface area contributed by atoms with E-state index in [-0.39, 0.29) is 5.82 Å². The van der Waals surface area contributed by atoms with Crippen LogP contribution < -0.4 is 21.6 Å². The van der Waals surface area contributed by atoms with E-state index in [0.29, 0.717) is 0 Å². The van der Waals surface area contributed by atoms with Gasteiger partial charge in [0.15, 0.2) is 12.3 Å². The van der Waals surface area contributed by atoms with Crippen LogP contribution in [0, 0.1) is 0 Å². The van der Waals surface area contributed by atoms with E-state index in [9.17, 15) is 54.5 Å². The Balaban J connectivity index is 0.000000303. The summed E-state index contributed by atoms with van der Waals surface area (Å²) in [5, 5.41) is 84.7. The zero-order chi connectivity index (χ0) is 31.4. The molecule has 0 aliphatic carbocycles. The number of nitrogens with two attached hydrogens (primary N) is 1. The molecule has 0 saturated carbocycles. The molecule has 11 atom stereocenters. The van der Waals surface area contributed by atoms with Gasteiger partial charge < -0.3 is 71.4 Å². The van der Waals surface area contributed by atoms with E-state index in [0.717, 1.165) is 11.5 Å². The predicted octanol–water partition coefficient (Wildman–Crippen LogP) is -7.00. The van der Waals surface area contributed by atoms with Crippen LogP contribution in [0.4, 0.5) is 5.82 Å². The molecule has 12 N–H and O–H groups in total. The Kier molecular flexibility index (Phi) is 11.4. The Bertz CT molecular complexity index is 1170. The Hall–Kier alpha value is -2.72. The van der Waals surface area contributed by atoms with Crippen molar-refractivity contribution < 1.29 is 74.5 Å². The van der Waals surface area contributed by atoms with Gasteiger partial charge >= 0.3 is 19.7 Å². The summed E-state index contributed by atoms with van der Waals surface area (Å²) in [6.45, 7) is -0.641. The third-order valence-corrected chi connectivity index (χ3v) is 7.55. The maximum Gasteiger partial charge on any atom is 0.364 e.